The van der Waals surface area contributed by atoms with Crippen LogP contribution >= 0.6 is 0 Å². The monoisotopic (exact) mass is 494 g/mol. The number of rotatable bonds is 9. The molecule has 0 aliphatic heterocycles. The molecule has 1 saturated carbocycles. The second-order valence-electron chi connectivity index (χ2n) is 8.60. The van der Waals surface area contributed by atoms with Crippen LogP contribution in [0.25, 0.3) is 0 Å². The van der Waals surface area contributed by atoms with Crippen molar-refractivity contribution in [2.75, 3.05) is 23.3 Å². The predicted molar refractivity (Wildman–Crippen MR) is 137 cm³/mol. The molecule has 8 heteroatoms. The lowest BCUT2D eigenvalue weighted by molar-refractivity contribution is -0.114. The van der Waals surface area contributed by atoms with Crippen molar-refractivity contribution in [2.24, 2.45) is 0 Å². The molecule has 0 unspecified atom stereocenters. The fraction of sp³-hybridized carbons (Fsp3) is 0.296. The standard InChI is InChI=1S/C27H30N2O5S/c1-20-12-17-26(33-2)25(18-20)29(35(31,32)24-10-4-3-5-11-24)19-27(30)28-21-13-15-23(16-14-21)34-22-8-6-7-9-22/h3-5,10-18,22H,6-9,19H2,1-2H3,(H,28,30). The van der Waals surface area contributed by atoms with Gasteiger partial charge in [0.2, 0.25) is 5.91 Å². The highest BCUT2D eigenvalue weighted by molar-refractivity contribution is 7.92. The minimum absolute atomic E-state index is 0.0878. The van der Waals surface area contributed by atoms with E-state index < -0.39 is 22.5 Å². The third kappa shape index (κ3) is 5.95. The maximum absolute atomic E-state index is 13.6. The molecule has 3 aromatic carbocycles. The molecular formula is C27H30N2O5S. The highest BCUT2D eigenvalue weighted by Crippen LogP contribution is 2.33. The molecule has 1 aliphatic carbocycles. The van der Waals surface area contributed by atoms with Gasteiger partial charge < -0.3 is 14.8 Å². The van der Waals surface area contributed by atoms with E-state index in [1.54, 1.807) is 42.5 Å². The number of amides is 1. The van der Waals surface area contributed by atoms with E-state index in [0.29, 0.717) is 17.1 Å². The van der Waals surface area contributed by atoms with Crippen molar-refractivity contribution in [3.8, 4) is 11.5 Å². The summed E-state index contributed by atoms with van der Waals surface area (Å²) < 4.78 is 39.7. The molecule has 1 amide bonds. The Kier molecular flexibility index (Phi) is 7.60. The van der Waals surface area contributed by atoms with Crippen LogP contribution in [0.3, 0.4) is 0 Å². The number of aryl methyl sites for hydroxylation is 1. The summed E-state index contributed by atoms with van der Waals surface area (Å²) in [6.45, 7) is 1.43. The Morgan fingerprint density at radius 3 is 2.34 bits per heavy atom. The molecule has 1 fully saturated rings. The van der Waals surface area contributed by atoms with E-state index in [-0.39, 0.29) is 11.0 Å². The predicted octanol–water partition coefficient (Wildman–Crippen LogP) is 5.16. The molecule has 0 saturated heterocycles. The Labute approximate surface area is 206 Å². The van der Waals surface area contributed by atoms with E-state index in [2.05, 4.69) is 5.32 Å². The number of hydrogen-bond acceptors (Lipinski definition) is 5. The average Bonchev–Trinajstić information content (AvgIpc) is 3.37. The molecular weight excluding hydrogens is 464 g/mol. The second kappa shape index (κ2) is 10.8. The molecule has 0 heterocycles. The minimum atomic E-state index is -4.04. The van der Waals surface area contributed by atoms with E-state index in [0.717, 1.165) is 28.5 Å². The number of methoxy groups -OCH3 is 1. The van der Waals surface area contributed by atoms with Gasteiger partial charge in [0.15, 0.2) is 0 Å². The van der Waals surface area contributed by atoms with Gasteiger partial charge in [-0.25, -0.2) is 8.42 Å². The van der Waals surface area contributed by atoms with Gasteiger partial charge in [0.1, 0.15) is 18.0 Å². The largest absolute Gasteiger partial charge is 0.495 e. The third-order valence-corrected chi connectivity index (χ3v) is 7.74. The Hall–Kier alpha value is -3.52. The number of anilines is 2. The molecule has 0 radical (unpaired) electrons. The summed E-state index contributed by atoms with van der Waals surface area (Å²) in [4.78, 5) is 13.1. The van der Waals surface area contributed by atoms with Crippen LogP contribution in [-0.2, 0) is 14.8 Å². The fourth-order valence-electron chi connectivity index (χ4n) is 4.16. The average molecular weight is 495 g/mol. The summed E-state index contributed by atoms with van der Waals surface area (Å²) in [6, 6.07) is 20.4. The van der Waals surface area contributed by atoms with Gasteiger partial charge in [-0.1, -0.05) is 24.3 Å². The van der Waals surface area contributed by atoms with Crippen LogP contribution in [0.1, 0.15) is 31.2 Å². The van der Waals surface area contributed by atoms with Gasteiger partial charge >= 0.3 is 0 Å². The molecule has 1 N–H and O–H groups in total. The first kappa shape index (κ1) is 24.6. The first-order valence-corrected chi connectivity index (χ1v) is 13.1. The molecule has 0 spiro atoms. The highest BCUT2D eigenvalue weighted by atomic mass is 32.2. The van der Waals surface area contributed by atoms with Crippen molar-refractivity contribution in [1.29, 1.82) is 0 Å². The molecule has 4 rings (SSSR count). The van der Waals surface area contributed by atoms with Gasteiger partial charge in [-0.2, -0.15) is 0 Å². The van der Waals surface area contributed by atoms with Crippen molar-refractivity contribution < 1.29 is 22.7 Å². The van der Waals surface area contributed by atoms with Crippen molar-refractivity contribution in [3.05, 3.63) is 78.4 Å². The van der Waals surface area contributed by atoms with E-state index >= 15 is 0 Å². The lowest BCUT2D eigenvalue weighted by Gasteiger charge is -2.26. The summed E-state index contributed by atoms with van der Waals surface area (Å²) in [5, 5.41) is 2.80. The normalized spacial score (nSPS) is 13.9. The van der Waals surface area contributed by atoms with Crippen LogP contribution in [-0.4, -0.2) is 34.1 Å². The number of nitrogens with zero attached hydrogens (tertiary/aromatic N) is 1. The Morgan fingerprint density at radius 2 is 1.69 bits per heavy atom. The van der Waals surface area contributed by atoms with Gasteiger partial charge in [0.05, 0.1) is 23.8 Å². The highest BCUT2D eigenvalue weighted by Gasteiger charge is 2.29. The SMILES string of the molecule is COc1ccc(C)cc1N(CC(=O)Nc1ccc(OC2CCCC2)cc1)S(=O)(=O)c1ccccc1. The summed E-state index contributed by atoms with van der Waals surface area (Å²) in [5.74, 6) is 0.640. The molecule has 184 valence electrons. The Bertz CT molecular complexity index is 1250. The van der Waals surface area contributed by atoms with E-state index in [1.165, 1.54) is 32.1 Å². The zero-order chi connectivity index (χ0) is 24.8. The van der Waals surface area contributed by atoms with Gasteiger partial charge in [0.25, 0.3) is 10.0 Å². The van der Waals surface area contributed by atoms with Crippen molar-refractivity contribution >= 4 is 27.3 Å². The smallest absolute Gasteiger partial charge is 0.264 e. The van der Waals surface area contributed by atoms with Crippen molar-refractivity contribution in [3.63, 3.8) is 0 Å². The first-order valence-electron chi connectivity index (χ1n) is 11.7. The fourth-order valence-corrected chi connectivity index (χ4v) is 5.61. The number of benzene rings is 3. The first-order chi connectivity index (χ1) is 16.9. The molecule has 3 aromatic rings. The summed E-state index contributed by atoms with van der Waals surface area (Å²) >= 11 is 0. The van der Waals surface area contributed by atoms with E-state index in [1.807, 2.05) is 25.1 Å². The quantitative estimate of drug-likeness (QED) is 0.444. The number of hydrogen-bond donors (Lipinski definition) is 1. The lowest BCUT2D eigenvalue weighted by atomic mass is 10.2. The molecule has 35 heavy (non-hydrogen) atoms. The van der Waals surface area contributed by atoms with Crippen LogP contribution < -0.4 is 19.1 Å². The van der Waals surface area contributed by atoms with Gasteiger partial charge in [-0.3, -0.25) is 9.10 Å². The maximum atomic E-state index is 13.6. The Balaban J connectivity index is 1.56. The number of carbonyl (C=O) groups is 1. The van der Waals surface area contributed by atoms with Crippen molar-refractivity contribution in [1.82, 2.24) is 0 Å². The third-order valence-electron chi connectivity index (χ3n) is 5.96. The van der Waals surface area contributed by atoms with Crippen LogP contribution in [0, 0.1) is 6.92 Å². The minimum Gasteiger partial charge on any atom is -0.495 e. The van der Waals surface area contributed by atoms with Crippen LogP contribution in [0.15, 0.2) is 77.7 Å². The summed E-state index contributed by atoms with van der Waals surface area (Å²) in [5.41, 5.74) is 1.70. The van der Waals surface area contributed by atoms with Gasteiger partial charge in [-0.15, -0.1) is 0 Å². The second-order valence-corrected chi connectivity index (χ2v) is 10.5. The van der Waals surface area contributed by atoms with Crippen LogP contribution in [0.2, 0.25) is 0 Å². The summed E-state index contributed by atoms with van der Waals surface area (Å²) in [6.07, 6.45) is 4.75. The van der Waals surface area contributed by atoms with Gasteiger partial charge in [0, 0.05) is 5.69 Å². The Morgan fingerprint density at radius 1 is 1.00 bits per heavy atom. The van der Waals surface area contributed by atoms with Gasteiger partial charge in [-0.05, 0) is 86.7 Å². The zero-order valence-electron chi connectivity index (χ0n) is 19.9. The lowest BCUT2D eigenvalue weighted by Crippen LogP contribution is -2.38. The molecule has 7 nitrogen and oxygen atoms in total. The number of ether oxygens (including phenoxy) is 2. The molecule has 0 aromatic heterocycles. The van der Waals surface area contributed by atoms with Crippen molar-refractivity contribution in [2.45, 2.75) is 43.6 Å². The van der Waals surface area contributed by atoms with E-state index in [9.17, 15) is 13.2 Å². The number of nitrogens with one attached hydrogen (secondary N) is 1. The molecule has 0 atom stereocenters. The molecule has 0 bridgehead atoms. The van der Waals surface area contributed by atoms with Crippen LogP contribution in [0.5, 0.6) is 11.5 Å². The number of sulfonamides is 1. The topological polar surface area (TPSA) is 84.9 Å². The van der Waals surface area contributed by atoms with Crippen LogP contribution in [0.4, 0.5) is 11.4 Å². The molecule has 1 aliphatic rings. The zero-order valence-corrected chi connectivity index (χ0v) is 20.8. The number of carbonyl (C=O) groups excluding carboxylic acids is 1. The summed E-state index contributed by atoms with van der Waals surface area (Å²) in [7, 11) is -2.57. The van der Waals surface area contributed by atoms with E-state index in [4.69, 9.17) is 9.47 Å². The maximum Gasteiger partial charge on any atom is 0.264 e.